The highest BCUT2D eigenvalue weighted by Crippen LogP contribution is 2.05. The Bertz CT molecular complexity index is 345. The summed E-state index contributed by atoms with van der Waals surface area (Å²) in [7, 11) is 0. The number of nitrogens with zero attached hydrogens (tertiary/aromatic N) is 1. The van der Waals surface area contributed by atoms with Gasteiger partial charge in [-0.15, -0.1) is 24.8 Å². The summed E-state index contributed by atoms with van der Waals surface area (Å²) in [5.41, 5.74) is 6.45. The molecule has 1 rings (SSSR count). The van der Waals surface area contributed by atoms with Gasteiger partial charge in [0.1, 0.15) is 5.82 Å². The number of hydrogen-bond acceptors (Lipinski definition) is 3. The van der Waals surface area contributed by atoms with Crippen molar-refractivity contribution >= 4 is 36.5 Å². The maximum atomic E-state index is 11.4. The average molecular weight is 280 g/mol. The summed E-state index contributed by atoms with van der Waals surface area (Å²) >= 11 is 0. The summed E-state index contributed by atoms with van der Waals surface area (Å²) in [6.07, 6.45) is 1.13. The Hall–Kier alpha value is -0.840. The number of carbonyl (C=O) groups is 1. The fourth-order valence-corrected chi connectivity index (χ4v) is 1.18. The highest BCUT2D eigenvalue weighted by molar-refractivity contribution is 5.89. The summed E-state index contributed by atoms with van der Waals surface area (Å²) in [5, 5.41) is 2.73. The van der Waals surface area contributed by atoms with Gasteiger partial charge in [0.2, 0.25) is 5.91 Å². The zero-order chi connectivity index (χ0) is 11.3. The van der Waals surface area contributed by atoms with E-state index in [1.54, 1.807) is 6.07 Å². The zero-order valence-electron chi connectivity index (χ0n) is 9.97. The van der Waals surface area contributed by atoms with Crippen LogP contribution in [0, 0.1) is 6.92 Å². The second kappa shape index (κ2) is 9.22. The van der Waals surface area contributed by atoms with E-state index < -0.39 is 0 Å². The molecule has 6 heteroatoms. The van der Waals surface area contributed by atoms with Crippen LogP contribution in [0.3, 0.4) is 0 Å². The van der Waals surface area contributed by atoms with Gasteiger partial charge < -0.3 is 11.1 Å². The number of rotatable bonds is 4. The van der Waals surface area contributed by atoms with Gasteiger partial charge in [0.25, 0.3) is 0 Å². The minimum atomic E-state index is -0.0367. The maximum Gasteiger partial charge on any atom is 0.225 e. The molecule has 1 heterocycles. The molecule has 1 aromatic heterocycles. The van der Waals surface area contributed by atoms with E-state index in [0.29, 0.717) is 18.7 Å². The van der Waals surface area contributed by atoms with Crippen LogP contribution in [0.15, 0.2) is 18.2 Å². The van der Waals surface area contributed by atoms with Crippen molar-refractivity contribution in [1.29, 1.82) is 0 Å². The van der Waals surface area contributed by atoms with E-state index in [9.17, 15) is 4.79 Å². The van der Waals surface area contributed by atoms with Crippen molar-refractivity contribution in [2.24, 2.45) is 5.73 Å². The van der Waals surface area contributed by atoms with Crippen molar-refractivity contribution in [3.63, 3.8) is 0 Å². The molecule has 1 amide bonds. The van der Waals surface area contributed by atoms with Gasteiger partial charge in [0.15, 0.2) is 0 Å². The fraction of sp³-hybridized carbons (Fsp3) is 0.455. The normalized spacial score (nSPS) is 10.8. The van der Waals surface area contributed by atoms with Crippen LogP contribution in [0.1, 0.15) is 25.5 Å². The van der Waals surface area contributed by atoms with Crippen molar-refractivity contribution in [3.8, 4) is 0 Å². The molecule has 0 fully saturated rings. The predicted octanol–water partition coefficient (Wildman–Crippen LogP) is 2.30. The van der Waals surface area contributed by atoms with Crippen LogP contribution in [0.2, 0.25) is 0 Å². The smallest absolute Gasteiger partial charge is 0.225 e. The second-order valence-electron chi connectivity index (χ2n) is 3.73. The Morgan fingerprint density at radius 3 is 2.65 bits per heavy atom. The van der Waals surface area contributed by atoms with E-state index in [2.05, 4.69) is 10.3 Å². The summed E-state index contributed by atoms with van der Waals surface area (Å²) in [5.74, 6) is 0.565. The number of anilines is 1. The molecule has 0 aromatic carbocycles. The number of pyridine rings is 1. The number of aryl methyl sites for hydroxylation is 1. The molecule has 98 valence electrons. The number of nitrogens with one attached hydrogen (secondary N) is 1. The number of halogens is 2. The Morgan fingerprint density at radius 2 is 2.12 bits per heavy atom. The molecule has 0 aliphatic carbocycles. The van der Waals surface area contributed by atoms with Crippen molar-refractivity contribution in [1.82, 2.24) is 4.98 Å². The lowest BCUT2D eigenvalue weighted by molar-refractivity contribution is -0.116. The third kappa shape index (κ3) is 7.96. The van der Waals surface area contributed by atoms with E-state index in [4.69, 9.17) is 5.73 Å². The van der Waals surface area contributed by atoms with Crippen LogP contribution >= 0.6 is 24.8 Å². The molecule has 0 aliphatic rings. The summed E-state index contributed by atoms with van der Waals surface area (Å²) in [6, 6.07) is 5.58. The molecule has 0 spiro atoms. The van der Waals surface area contributed by atoms with Gasteiger partial charge in [-0.25, -0.2) is 4.98 Å². The molecule has 0 aliphatic heterocycles. The number of nitrogens with two attached hydrogens (primary N) is 1. The molecule has 17 heavy (non-hydrogen) atoms. The third-order valence-electron chi connectivity index (χ3n) is 1.98. The van der Waals surface area contributed by atoms with Gasteiger partial charge >= 0.3 is 0 Å². The summed E-state index contributed by atoms with van der Waals surface area (Å²) < 4.78 is 0. The first-order valence-electron chi connectivity index (χ1n) is 5.07. The predicted molar refractivity (Wildman–Crippen MR) is 75.0 cm³/mol. The molecule has 0 saturated heterocycles. The number of hydrogen-bond donors (Lipinski definition) is 2. The maximum absolute atomic E-state index is 11.4. The number of aromatic nitrogens is 1. The minimum absolute atomic E-state index is 0. The van der Waals surface area contributed by atoms with Gasteiger partial charge in [-0.05, 0) is 32.4 Å². The average Bonchev–Trinajstić information content (AvgIpc) is 2.15. The van der Waals surface area contributed by atoms with E-state index in [1.807, 2.05) is 26.0 Å². The van der Waals surface area contributed by atoms with Gasteiger partial charge in [0, 0.05) is 18.2 Å². The quantitative estimate of drug-likeness (QED) is 0.889. The van der Waals surface area contributed by atoms with Crippen LogP contribution < -0.4 is 11.1 Å². The van der Waals surface area contributed by atoms with E-state index >= 15 is 0 Å². The van der Waals surface area contributed by atoms with Gasteiger partial charge in [-0.3, -0.25) is 4.79 Å². The largest absolute Gasteiger partial charge is 0.328 e. The molecule has 1 atom stereocenters. The van der Waals surface area contributed by atoms with Crippen LogP contribution in [0.25, 0.3) is 0 Å². The summed E-state index contributed by atoms with van der Waals surface area (Å²) in [6.45, 7) is 3.77. The Labute approximate surface area is 114 Å². The highest BCUT2D eigenvalue weighted by atomic mass is 35.5. The van der Waals surface area contributed by atoms with E-state index in [-0.39, 0.29) is 36.8 Å². The highest BCUT2D eigenvalue weighted by Gasteiger charge is 2.04. The first kappa shape index (κ1) is 18.5. The summed E-state index contributed by atoms with van der Waals surface area (Å²) in [4.78, 5) is 15.6. The van der Waals surface area contributed by atoms with Gasteiger partial charge in [0.05, 0.1) is 0 Å². The molecule has 0 radical (unpaired) electrons. The van der Waals surface area contributed by atoms with Crippen molar-refractivity contribution in [3.05, 3.63) is 23.9 Å². The fourth-order valence-electron chi connectivity index (χ4n) is 1.18. The molecule has 3 N–H and O–H groups in total. The minimum Gasteiger partial charge on any atom is -0.328 e. The molecule has 1 unspecified atom stereocenters. The Balaban J connectivity index is 0. The number of carbonyl (C=O) groups excluding carboxylic acids is 1. The molecular weight excluding hydrogens is 261 g/mol. The van der Waals surface area contributed by atoms with Crippen LogP contribution in [-0.2, 0) is 4.79 Å². The number of amides is 1. The third-order valence-corrected chi connectivity index (χ3v) is 1.98. The lowest BCUT2D eigenvalue weighted by atomic mass is 10.2. The molecular formula is C11H19Cl2N3O. The molecule has 0 saturated carbocycles. The zero-order valence-corrected chi connectivity index (χ0v) is 11.6. The monoisotopic (exact) mass is 279 g/mol. The first-order chi connectivity index (χ1) is 7.08. The van der Waals surface area contributed by atoms with E-state index in [1.165, 1.54) is 0 Å². The SMILES string of the molecule is Cc1cccc(NC(=O)CCC(C)N)n1.Cl.Cl. The second-order valence-corrected chi connectivity index (χ2v) is 3.73. The molecule has 0 bridgehead atoms. The van der Waals surface area contributed by atoms with Crippen LogP contribution in [0.5, 0.6) is 0 Å². The van der Waals surface area contributed by atoms with Crippen molar-refractivity contribution in [2.45, 2.75) is 32.7 Å². The molecule has 4 nitrogen and oxygen atoms in total. The first-order valence-corrected chi connectivity index (χ1v) is 5.07. The van der Waals surface area contributed by atoms with Gasteiger partial charge in [-0.1, -0.05) is 6.07 Å². The topological polar surface area (TPSA) is 68.0 Å². The standard InChI is InChI=1S/C11H17N3O.2ClH/c1-8(12)6-7-11(15)14-10-5-3-4-9(2)13-10;;/h3-5,8H,6-7,12H2,1-2H3,(H,13,14,15);2*1H. The Morgan fingerprint density at radius 1 is 1.47 bits per heavy atom. The van der Waals surface area contributed by atoms with E-state index in [0.717, 1.165) is 5.69 Å². The van der Waals surface area contributed by atoms with Crippen LogP contribution in [-0.4, -0.2) is 16.9 Å². The van der Waals surface area contributed by atoms with Crippen molar-refractivity contribution < 1.29 is 4.79 Å². The van der Waals surface area contributed by atoms with Crippen molar-refractivity contribution in [2.75, 3.05) is 5.32 Å². The Kier molecular flexibility index (Phi) is 10.0. The lowest BCUT2D eigenvalue weighted by Crippen LogP contribution is -2.19. The van der Waals surface area contributed by atoms with Gasteiger partial charge in [-0.2, -0.15) is 0 Å². The molecule has 1 aromatic rings. The van der Waals surface area contributed by atoms with Crippen LogP contribution in [0.4, 0.5) is 5.82 Å². The lowest BCUT2D eigenvalue weighted by Gasteiger charge is -2.06.